The highest BCUT2D eigenvalue weighted by molar-refractivity contribution is 6.29. The molecule has 98 valence electrons. The lowest BCUT2D eigenvalue weighted by atomic mass is 10.1. The summed E-state index contributed by atoms with van der Waals surface area (Å²) in [4.78, 5) is 0. The zero-order chi connectivity index (χ0) is 13.5. The van der Waals surface area contributed by atoms with Crippen molar-refractivity contribution in [2.75, 3.05) is 0 Å². The highest BCUT2D eigenvalue weighted by Crippen LogP contribution is 2.14. The SMILES string of the molecule is NC(/C=C(/Cl)NCc1ccccc1)c1ccccc1. The van der Waals surface area contributed by atoms with Crippen LogP contribution in [0.25, 0.3) is 0 Å². The lowest BCUT2D eigenvalue weighted by Gasteiger charge is -2.10. The molecule has 0 radical (unpaired) electrons. The summed E-state index contributed by atoms with van der Waals surface area (Å²) in [7, 11) is 0. The van der Waals surface area contributed by atoms with Gasteiger partial charge in [0.05, 0.1) is 11.2 Å². The van der Waals surface area contributed by atoms with Gasteiger partial charge in [0, 0.05) is 6.54 Å². The van der Waals surface area contributed by atoms with Crippen LogP contribution in [-0.2, 0) is 6.54 Å². The first-order valence-electron chi connectivity index (χ1n) is 6.21. The molecular formula is C16H17ClN2. The van der Waals surface area contributed by atoms with Crippen LogP contribution in [0, 0.1) is 0 Å². The molecule has 0 aliphatic carbocycles. The number of hydrogen-bond donors (Lipinski definition) is 2. The average molecular weight is 273 g/mol. The van der Waals surface area contributed by atoms with Gasteiger partial charge in [-0.05, 0) is 17.2 Å². The van der Waals surface area contributed by atoms with Crippen LogP contribution >= 0.6 is 11.6 Å². The Morgan fingerprint density at radius 2 is 1.63 bits per heavy atom. The molecule has 1 atom stereocenters. The first-order chi connectivity index (χ1) is 9.25. The first-order valence-corrected chi connectivity index (χ1v) is 6.59. The normalized spacial score (nSPS) is 13.1. The Morgan fingerprint density at radius 3 is 2.26 bits per heavy atom. The molecule has 0 heterocycles. The topological polar surface area (TPSA) is 38.0 Å². The molecule has 3 N–H and O–H groups in total. The number of nitrogens with one attached hydrogen (secondary N) is 1. The van der Waals surface area contributed by atoms with E-state index < -0.39 is 0 Å². The van der Waals surface area contributed by atoms with Crippen LogP contribution in [0.15, 0.2) is 71.9 Å². The van der Waals surface area contributed by atoms with E-state index in [0.29, 0.717) is 11.7 Å². The smallest absolute Gasteiger partial charge is 0.0999 e. The minimum atomic E-state index is -0.197. The van der Waals surface area contributed by atoms with Gasteiger partial charge >= 0.3 is 0 Å². The van der Waals surface area contributed by atoms with Crippen molar-refractivity contribution in [3.05, 3.63) is 83.0 Å². The van der Waals surface area contributed by atoms with Crippen molar-refractivity contribution in [1.82, 2.24) is 5.32 Å². The lowest BCUT2D eigenvalue weighted by Crippen LogP contribution is -2.13. The Morgan fingerprint density at radius 1 is 1.05 bits per heavy atom. The second-order valence-corrected chi connectivity index (χ2v) is 4.70. The molecule has 2 nitrogen and oxygen atoms in total. The number of benzene rings is 2. The fourth-order valence-electron chi connectivity index (χ4n) is 1.77. The molecule has 0 fully saturated rings. The van der Waals surface area contributed by atoms with E-state index in [1.165, 1.54) is 5.56 Å². The van der Waals surface area contributed by atoms with E-state index in [4.69, 9.17) is 17.3 Å². The minimum absolute atomic E-state index is 0.197. The van der Waals surface area contributed by atoms with Crippen molar-refractivity contribution in [1.29, 1.82) is 0 Å². The highest BCUT2D eigenvalue weighted by Gasteiger charge is 2.03. The van der Waals surface area contributed by atoms with Gasteiger partial charge in [-0.15, -0.1) is 0 Å². The quantitative estimate of drug-likeness (QED) is 0.817. The minimum Gasteiger partial charge on any atom is -0.372 e. The van der Waals surface area contributed by atoms with Crippen molar-refractivity contribution >= 4 is 11.6 Å². The van der Waals surface area contributed by atoms with Crippen LogP contribution < -0.4 is 11.1 Å². The largest absolute Gasteiger partial charge is 0.372 e. The standard InChI is InChI=1S/C16H17ClN2/c17-16(19-12-13-7-3-1-4-8-13)11-15(18)14-9-5-2-6-10-14/h1-11,15,19H,12,18H2/b16-11-. The van der Waals surface area contributed by atoms with E-state index in [1.807, 2.05) is 66.7 Å². The average Bonchev–Trinajstić information content (AvgIpc) is 2.47. The van der Waals surface area contributed by atoms with E-state index in [2.05, 4.69) is 5.32 Å². The van der Waals surface area contributed by atoms with Crippen molar-refractivity contribution in [2.24, 2.45) is 5.73 Å². The highest BCUT2D eigenvalue weighted by atomic mass is 35.5. The molecule has 2 aromatic carbocycles. The van der Waals surface area contributed by atoms with E-state index in [0.717, 1.165) is 5.56 Å². The van der Waals surface area contributed by atoms with Gasteiger partial charge in [-0.2, -0.15) is 0 Å². The van der Waals surface area contributed by atoms with E-state index in [-0.39, 0.29) is 6.04 Å². The molecule has 0 bridgehead atoms. The Kier molecular flexibility index (Phi) is 5.01. The molecule has 0 saturated heterocycles. The molecule has 19 heavy (non-hydrogen) atoms. The third-order valence-electron chi connectivity index (χ3n) is 2.81. The van der Waals surface area contributed by atoms with Crippen molar-refractivity contribution in [3.63, 3.8) is 0 Å². The fourth-order valence-corrected chi connectivity index (χ4v) is 1.97. The third-order valence-corrected chi connectivity index (χ3v) is 3.07. The summed E-state index contributed by atoms with van der Waals surface area (Å²) in [6.45, 7) is 0.692. The van der Waals surface area contributed by atoms with Gasteiger partial charge in [0.2, 0.25) is 0 Å². The maximum absolute atomic E-state index is 6.15. The lowest BCUT2D eigenvalue weighted by molar-refractivity contribution is 0.824. The maximum Gasteiger partial charge on any atom is 0.0999 e. The third kappa shape index (κ3) is 4.43. The van der Waals surface area contributed by atoms with Gasteiger partial charge < -0.3 is 11.1 Å². The van der Waals surface area contributed by atoms with Crippen LogP contribution in [0.5, 0.6) is 0 Å². The number of hydrogen-bond acceptors (Lipinski definition) is 2. The first kappa shape index (κ1) is 13.7. The van der Waals surface area contributed by atoms with Crippen molar-refractivity contribution in [2.45, 2.75) is 12.6 Å². The van der Waals surface area contributed by atoms with Gasteiger partial charge in [-0.25, -0.2) is 0 Å². The monoisotopic (exact) mass is 272 g/mol. The molecule has 0 aliphatic heterocycles. The van der Waals surface area contributed by atoms with Gasteiger partial charge in [-0.1, -0.05) is 72.3 Å². The zero-order valence-electron chi connectivity index (χ0n) is 10.6. The summed E-state index contributed by atoms with van der Waals surface area (Å²) in [6.07, 6.45) is 1.82. The number of rotatable bonds is 5. The van der Waals surface area contributed by atoms with Crippen molar-refractivity contribution < 1.29 is 0 Å². The summed E-state index contributed by atoms with van der Waals surface area (Å²) >= 11 is 6.15. The van der Waals surface area contributed by atoms with Crippen LogP contribution in [0.3, 0.4) is 0 Å². The van der Waals surface area contributed by atoms with Crippen LogP contribution in [0.4, 0.5) is 0 Å². The molecule has 3 heteroatoms. The van der Waals surface area contributed by atoms with Gasteiger partial charge in [-0.3, -0.25) is 0 Å². The predicted octanol–water partition coefficient (Wildman–Crippen LogP) is 3.56. The molecule has 0 amide bonds. The predicted molar refractivity (Wildman–Crippen MR) is 80.6 cm³/mol. The van der Waals surface area contributed by atoms with Crippen LogP contribution in [0.1, 0.15) is 17.2 Å². The van der Waals surface area contributed by atoms with E-state index >= 15 is 0 Å². The molecular weight excluding hydrogens is 256 g/mol. The molecule has 1 unspecified atom stereocenters. The van der Waals surface area contributed by atoms with Gasteiger partial charge in [0.25, 0.3) is 0 Å². The van der Waals surface area contributed by atoms with Gasteiger partial charge in [0.15, 0.2) is 0 Å². The van der Waals surface area contributed by atoms with E-state index in [9.17, 15) is 0 Å². The summed E-state index contributed by atoms with van der Waals surface area (Å²) < 4.78 is 0. The second kappa shape index (κ2) is 6.98. The van der Waals surface area contributed by atoms with Gasteiger partial charge in [0.1, 0.15) is 0 Å². The summed E-state index contributed by atoms with van der Waals surface area (Å²) in [5, 5.41) is 3.72. The molecule has 2 aromatic rings. The van der Waals surface area contributed by atoms with E-state index in [1.54, 1.807) is 0 Å². The Balaban J connectivity index is 1.92. The zero-order valence-corrected chi connectivity index (χ0v) is 11.3. The Hall–Kier alpha value is -1.77. The molecule has 0 spiro atoms. The molecule has 0 aromatic heterocycles. The van der Waals surface area contributed by atoms with Crippen LogP contribution in [0.2, 0.25) is 0 Å². The Bertz CT molecular complexity index is 523. The molecule has 2 rings (SSSR count). The maximum atomic E-state index is 6.15. The summed E-state index contributed by atoms with van der Waals surface area (Å²) in [5.41, 5.74) is 8.29. The number of halogens is 1. The molecule has 0 aliphatic rings. The summed E-state index contributed by atoms with van der Waals surface area (Å²) in [5.74, 6) is 0. The fraction of sp³-hybridized carbons (Fsp3) is 0.125. The van der Waals surface area contributed by atoms with Crippen LogP contribution in [-0.4, -0.2) is 0 Å². The van der Waals surface area contributed by atoms with Crippen molar-refractivity contribution in [3.8, 4) is 0 Å². The molecule has 0 saturated carbocycles. The Labute approximate surface area is 118 Å². The second-order valence-electron chi connectivity index (χ2n) is 4.29. The summed E-state index contributed by atoms with van der Waals surface area (Å²) in [6, 6.07) is 19.8. The number of nitrogens with two attached hydrogens (primary N) is 1.